The van der Waals surface area contributed by atoms with Gasteiger partial charge in [0.05, 0.1) is 4.47 Å². The standard InChI is InChI=1S/C6H2Br2O/c1-2-4-3-5(7)6(8)9-4/h1,3H. The van der Waals surface area contributed by atoms with Gasteiger partial charge in [0.25, 0.3) is 0 Å². The summed E-state index contributed by atoms with van der Waals surface area (Å²) in [5.41, 5.74) is 0. The lowest BCUT2D eigenvalue weighted by atomic mass is 10.5. The number of hydrogen-bond donors (Lipinski definition) is 0. The van der Waals surface area contributed by atoms with Crippen LogP contribution in [0.25, 0.3) is 0 Å². The molecule has 3 heteroatoms. The highest BCUT2D eigenvalue weighted by atomic mass is 79.9. The van der Waals surface area contributed by atoms with Gasteiger partial charge < -0.3 is 4.42 Å². The molecule has 0 aliphatic heterocycles. The second-order valence-corrected chi connectivity index (χ2v) is 2.95. The minimum atomic E-state index is 0.522. The molecule has 0 fully saturated rings. The van der Waals surface area contributed by atoms with Gasteiger partial charge in [-0.3, -0.25) is 0 Å². The lowest BCUT2D eigenvalue weighted by molar-refractivity contribution is 0.527. The molecule has 1 rings (SSSR count). The van der Waals surface area contributed by atoms with Gasteiger partial charge in [-0.15, -0.1) is 6.42 Å². The van der Waals surface area contributed by atoms with Crippen LogP contribution in [0.3, 0.4) is 0 Å². The third-order valence-electron chi connectivity index (χ3n) is 0.787. The zero-order chi connectivity index (χ0) is 6.85. The van der Waals surface area contributed by atoms with Crippen LogP contribution in [0.2, 0.25) is 0 Å². The van der Waals surface area contributed by atoms with Crippen molar-refractivity contribution in [1.29, 1.82) is 0 Å². The molecule has 0 atom stereocenters. The fraction of sp³-hybridized carbons (Fsp3) is 0. The van der Waals surface area contributed by atoms with Crippen LogP contribution in [0, 0.1) is 12.3 Å². The van der Waals surface area contributed by atoms with E-state index in [4.69, 9.17) is 10.8 Å². The van der Waals surface area contributed by atoms with Crippen LogP contribution >= 0.6 is 31.9 Å². The van der Waals surface area contributed by atoms with Crippen molar-refractivity contribution in [2.24, 2.45) is 0 Å². The fourth-order valence-corrected chi connectivity index (χ4v) is 0.995. The van der Waals surface area contributed by atoms with Crippen LogP contribution in [0.5, 0.6) is 0 Å². The Balaban J connectivity index is 3.16. The molecule has 0 aliphatic rings. The monoisotopic (exact) mass is 248 g/mol. The van der Waals surface area contributed by atoms with Gasteiger partial charge in [0, 0.05) is 6.07 Å². The van der Waals surface area contributed by atoms with E-state index >= 15 is 0 Å². The largest absolute Gasteiger partial charge is 0.440 e. The molecule has 9 heavy (non-hydrogen) atoms. The van der Waals surface area contributed by atoms with Gasteiger partial charge in [0.1, 0.15) is 0 Å². The third-order valence-corrected chi connectivity index (χ3v) is 2.50. The Labute approximate surface area is 69.7 Å². The molecule has 1 aromatic rings. The number of halogens is 2. The van der Waals surface area contributed by atoms with E-state index in [9.17, 15) is 0 Å². The summed E-state index contributed by atoms with van der Waals surface area (Å²) >= 11 is 6.37. The maximum Gasteiger partial charge on any atom is 0.185 e. The molecule has 1 heterocycles. The average molecular weight is 250 g/mol. The van der Waals surface area contributed by atoms with Gasteiger partial charge in [-0.05, 0) is 37.8 Å². The predicted molar refractivity (Wildman–Crippen MR) is 42.0 cm³/mol. The van der Waals surface area contributed by atoms with E-state index in [2.05, 4.69) is 37.8 Å². The summed E-state index contributed by atoms with van der Waals surface area (Å²) in [6.45, 7) is 0. The first-order valence-corrected chi connectivity index (χ1v) is 3.74. The van der Waals surface area contributed by atoms with Crippen LogP contribution in [0.4, 0.5) is 0 Å². The highest BCUT2D eigenvalue weighted by molar-refractivity contribution is 9.13. The quantitative estimate of drug-likeness (QED) is 0.645. The minimum Gasteiger partial charge on any atom is -0.440 e. The maximum absolute atomic E-state index is 5.05. The predicted octanol–water partition coefficient (Wildman–Crippen LogP) is 2.79. The molecular formula is C6H2Br2O. The Morgan fingerprint density at radius 3 is 2.44 bits per heavy atom. The lowest BCUT2D eigenvalue weighted by Gasteiger charge is -1.76. The van der Waals surface area contributed by atoms with Gasteiger partial charge in [-0.25, -0.2) is 0 Å². The van der Waals surface area contributed by atoms with E-state index in [0.717, 1.165) is 4.47 Å². The molecular weight excluding hydrogens is 248 g/mol. The summed E-state index contributed by atoms with van der Waals surface area (Å²) in [4.78, 5) is 0. The molecule has 0 unspecified atom stereocenters. The van der Waals surface area contributed by atoms with E-state index in [-0.39, 0.29) is 0 Å². The van der Waals surface area contributed by atoms with Crippen molar-refractivity contribution < 1.29 is 4.42 Å². The normalized spacial score (nSPS) is 9.00. The summed E-state index contributed by atoms with van der Waals surface area (Å²) in [5, 5.41) is 0. The third kappa shape index (κ3) is 1.38. The van der Waals surface area contributed by atoms with Crippen molar-refractivity contribution >= 4 is 31.9 Å². The van der Waals surface area contributed by atoms with Crippen LogP contribution in [-0.2, 0) is 0 Å². The van der Waals surface area contributed by atoms with Crippen molar-refractivity contribution in [3.05, 3.63) is 21.0 Å². The van der Waals surface area contributed by atoms with E-state index in [1.165, 1.54) is 0 Å². The highest BCUT2D eigenvalue weighted by Crippen LogP contribution is 2.25. The van der Waals surface area contributed by atoms with Crippen LogP contribution in [-0.4, -0.2) is 0 Å². The fourth-order valence-electron chi connectivity index (χ4n) is 0.418. The summed E-state index contributed by atoms with van der Waals surface area (Å²) in [5.74, 6) is 2.88. The molecule has 0 saturated heterocycles. The molecule has 0 N–H and O–H groups in total. The topological polar surface area (TPSA) is 13.1 Å². The van der Waals surface area contributed by atoms with Gasteiger partial charge in [0.15, 0.2) is 10.4 Å². The summed E-state index contributed by atoms with van der Waals surface area (Å²) in [6, 6.07) is 1.73. The molecule has 0 saturated carbocycles. The number of terminal acetylenes is 1. The Morgan fingerprint density at radius 1 is 1.56 bits per heavy atom. The molecule has 46 valence electrons. The molecule has 1 nitrogen and oxygen atoms in total. The summed E-state index contributed by atoms with van der Waals surface area (Å²) in [7, 11) is 0. The Morgan fingerprint density at radius 2 is 2.22 bits per heavy atom. The van der Waals surface area contributed by atoms with Gasteiger partial charge in [-0.2, -0.15) is 0 Å². The molecule has 0 radical (unpaired) electrons. The zero-order valence-electron chi connectivity index (χ0n) is 4.32. The number of furan rings is 1. The molecule has 0 spiro atoms. The van der Waals surface area contributed by atoms with Crippen LogP contribution in [0.15, 0.2) is 19.6 Å². The van der Waals surface area contributed by atoms with Crippen LogP contribution in [0.1, 0.15) is 5.76 Å². The SMILES string of the molecule is C#Cc1cc(Br)c(Br)o1. The average Bonchev–Trinajstić information content (AvgIpc) is 2.13. The molecule has 0 aliphatic carbocycles. The van der Waals surface area contributed by atoms with Crippen molar-refractivity contribution in [2.45, 2.75) is 0 Å². The number of hydrogen-bond acceptors (Lipinski definition) is 1. The first-order chi connectivity index (χ1) is 4.24. The molecule has 0 bridgehead atoms. The van der Waals surface area contributed by atoms with Gasteiger partial charge in [-0.1, -0.05) is 0 Å². The van der Waals surface area contributed by atoms with Crippen molar-refractivity contribution in [3.8, 4) is 12.3 Å². The maximum atomic E-state index is 5.05. The Bertz CT molecular complexity index is 237. The Kier molecular flexibility index (Phi) is 1.99. The Hall–Kier alpha value is -0.200. The molecule has 1 aromatic heterocycles. The summed E-state index contributed by atoms with van der Waals surface area (Å²) < 4.78 is 6.47. The minimum absolute atomic E-state index is 0.522. The summed E-state index contributed by atoms with van der Waals surface area (Å²) in [6.07, 6.45) is 5.05. The smallest absolute Gasteiger partial charge is 0.185 e. The van der Waals surface area contributed by atoms with E-state index in [1.54, 1.807) is 6.07 Å². The second kappa shape index (κ2) is 2.59. The van der Waals surface area contributed by atoms with Crippen molar-refractivity contribution in [3.63, 3.8) is 0 Å². The van der Waals surface area contributed by atoms with E-state index < -0.39 is 0 Å². The first-order valence-electron chi connectivity index (χ1n) is 2.15. The first kappa shape index (κ1) is 6.91. The number of rotatable bonds is 0. The zero-order valence-corrected chi connectivity index (χ0v) is 7.49. The molecule has 0 aromatic carbocycles. The van der Waals surface area contributed by atoms with Crippen molar-refractivity contribution in [1.82, 2.24) is 0 Å². The van der Waals surface area contributed by atoms with Gasteiger partial charge >= 0.3 is 0 Å². The van der Waals surface area contributed by atoms with Crippen molar-refractivity contribution in [2.75, 3.05) is 0 Å². The van der Waals surface area contributed by atoms with Crippen LogP contribution < -0.4 is 0 Å². The lowest BCUT2D eigenvalue weighted by Crippen LogP contribution is -1.56. The second-order valence-electron chi connectivity index (χ2n) is 1.38. The highest BCUT2D eigenvalue weighted by Gasteiger charge is 2.01. The molecule has 0 amide bonds. The van der Waals surface area contributed by atoms with E-state index in [0.29, 0.717) is 10.4 Å². The van der Waals surface area contributed by atoms with Gasteiger partial charge in [0.2, 0.25) is 0 Å². The van der Waals surface area contributed by atoms with E-state index in [1.807, 2.05) is 0 Å².